The maximum absolute atomic E-state index is 5.72. The molecular weight excluding hydrogens is 188 g/mol. The Bertz CT molecular complexity index is 214. The fourth-order valence-electron chi connectivity index (χ4n) is 2.52. The van der Waals surface area contributed by atoms with Gasteiger partial charge >= 0.3 is 0 Å². The Morgan fingerprint density at radius 2 is 2.13 bits per heavy atom. The summed E-state index contributed by atoms with van der Waals surface area (Å²) in [5, 5.41) is 6.99. The number of hydrogen-bond acceptors (Lipinski definition) is 3. The van der Waals surface area contributed by atoms with Crippen molar-refractivity contribution >= 4 is 0 Å². The van der Waals surface area contributed by atoms with Crippen LogP contribution in [0.3, 0.4) is 0 Å². The lowest BCUT2D eigenvalue weighted by molar-refractivity contribution is -0.114. The fourth-order valence-corrected chi connectivity index (χ4v) is 2.52. The Hall–Kier alpha value is -0.120. The van der Waals surface area contributed by atoms with Crippen molar-refractivity contribution in [3.05, 3.63) is 0 Å². The van der Waals surface area contributed by atoms with Crippen molar-refractivity contribution in [1.29, 1.82) is 0 Å². The van der Waals surface area contributed by atoms with E-state index in [-0.39, 0.29) is 0 Å². The zero-order valence-electron chi connectivity index (χ0n) is 10.2. The number of hydrogen-bond donors (Lipinski definition) is 2. The van der Waals surface area contributed by atoms with E-state index in [1.807, 2.05) is 0 Å². The molecule has 2 unspecified atom stereocenters. The van der Waals surface area contributed by atoms with Gasteiger partial charge in [-0.15, -0.1) is 0 Å². The Morgan fingerprint density at radius 3 is 2.60 bits per heavy atom. The molecule has 2 N–H and O–H groups in total. The average molecular weight is 212 g/mol. The van der Waals surface area contributed by atoms with E-state index in [1.54, 1.807) is 0 Å². The molecule has 0 spiro atoms. The van der Waals surface area contributed by atoms with E-state index in [2.05, 4.69) is 31.4 Å². The van der Waals surface area contributed by atoms with Gasteiger partial charge in [-0.05, 0) is 19.3 Å². The molecule has 0 aromatic heterocycles. The number of rotatable bonds is 5. The largest absolute Gasteiger partial charge is 0.378 e. The predicted octanol–water partition coefficient (Wildman–Crippen LogP) is 0.999. The smallest absolute Gasteiger partial charge is 0.0655 e. The molecule has 0 aromatic rings. The highest BCUT2D eigenvalue weighted by Gasteiger charge is 2.48. The molecule has 2 fully saturated rings. The predicted molar refractivity (Wildman–Crippen MR) is 62.0 cm³/mol. The van der Waals surface area contributed by atoms with Crippen LogP contribution < -0.4 is 10.6 Å². The van der Waals surface area contributed by atoms with Gasteiger partial charge in [0.05, 0.1) is 6.10 Å². The molecule has 3 heteroatoms. The van der Waals surface area contributed by atoms with Gasteiger partial charge in [-0.2, -0.15) is 0 Å². The topological polar surface area (TPSA) is 33.3 Å². The van der Waals surface area contributed by atoms with Gasteiger partial charge in [-0.3, -0.25) is 0 Å². The molecule has 15 heavy (non-hydrogen) atoms. The number of ether oxygens (including phenoxy) is 1. The lowest BCUT2D eigenvalue weighted by Crippen LogP contribution is -2.62. The molecule has 0 aromatic carbocycles. The standard InChI is InChI=1S/C12H24N2O/c1-4-15-11-5-10(12(11,2)3)14-8-9-6-13-7-9/h9-11,13-14H,4-8H2,1-3H3. The van der Waals surface area contributed by atoms with Crippen LogP contribution in [0.15, 0.2) is 0 Å². The maximum atomic E-state index is 5.72. The Morgan fingerprint density at radius 1 is 1.40 bits per heavy atom. The summed E-state index contributed by atoms with van der Waals surface area (Å²) < 4.78 is 5.72. The summed E-state index contributed by atoms with van der Waals surface area (Å²) in [6.07, 6.45) is 1.64. The number of nitrogens with one attached hydrogen (secondary N) is 2. The van der Waals surface area contributed by atoms with Crippen molar-refractivity contribution < 1.29 is 4.74 Å². The van der Waals surface area contributed by atoms with E-state index in [1.165, 1.54) is 26.1 Å². The quantitative estimate of drug-likeness (QED) is 0.713. The summed E-state index contributed by atoms with van der Waals surface area (Å²) >= 11 is 0. The summed E-state index contributed by atoms with van der Waals surface area (Å²) in [7, 11) is 0. The molecular formula is C12H24N2O. The monoisotopic (exact) mass is 212 g/mol. The highest BCUT2D eigenvalue weighted by Crippen LogP contribution is 2.42. The summed E-state index contributed by atoms with van der Waals surface area (Å²) in [6, 6.07) is 0.648. The molecule has 0 radical (unpaired) electrons. The normalized spacial score (nSPS) is 34.6. The van der Waals surface area contributed by atoms with Crippen LogP contribution in [-0.4, -0.2) is 38.4 Å². The maximum Gasteiger partial charge on any atom is 0.0655 e. The van der Waals surface area contributed by atoms with Crippen LogP contribution in [0.1, 0.15) is 27.2 Å². The SMILES string of the molecule is CCOC1CC(NCC2CNC2)C1(C)C. The fraction of sp³-hybridized carbons (Fsp3) is 1.00. The zero-order chi connectivity index (χ0) is 10.9. The van der Waals surface area contributed by atoms with Crippen molar-refractivity contribution in [3.63, 3.8) is 0 Å². The molecule has 1 saturated heterocycles. The second-order valence-electron chi connectivity index (χ2n) is 5.49. The van der Waals surface area contributed by atoms with Gasteiger partial charge in [0.15, 0.2) is 0 Å². The van der Waals surface area contributed by atoms with Gasteiger partial charge in [0.1, 0.15) is 0 Å². The second kappa shape index (κ2) is 4.40. The highest BCUT2D eigenvalue weighted by atomic mass is 16.5. The minimum atomic E-state index is 0.313. The van der Waals surface area contributed by atoms with Crippen molar-refractivity contribution in [2.24, 2.45) is 11.3 Å². The van der Waals surface area contributed by atoms with Crippen molar-refractivity contribution in [3.8, 4) is 0 Å². The molecule has 1 aliphatic heterocycles. The van der Waals surface area contributed by atoms with Crippen LogP contribution >= 0.6 is 0 Å². The van der Waals surface area contributed by atoms with Crippen LogP contribution in [0.4, 0.5) is 0 Å². The Balaban J connectivity index is 1.70. The van der Waals surface area contributed by atoms with E-state index in [4.69, 9.17) is 4.74 Å². The van der Waals surface area contributed by atoms with Crippen LogP contribution in [0.5, 0.6) is 0 Å². The van der Waals surface area contributed by atoms with E-state index in [0.717, 1.165) is 12.5 Å². The first-order valence-corrected chi connectivity index (χ1v) is 6.20. The molecule has 3 nitrogen and oxygen atoms in total. The molecule has 1 heterocycles. The highest BCUT2D eigenvalue weighted by molar-refractivity contribution is 5.03. The minimum Gasteiger partial charge on any atom is -0.378 e. The first kappa shape index (κ1) is 11.4. The van der Waals surface area contributed by atoms with Crippen LogP contribution in [0.2, 0.25) is 0 Å². The first-order chi connectivity index (χ1) is 7.14. The minimum absolute atomic E-state index is 0.313. The first-order valence-electron chi connectivity index (χ1n) is 6.20. The van der Waals surface area contributed by atoms with Crippen molar-refractivity contribution in [2.75, 3.05) is 26.2 Å². The molecule has 1 aliphatic carbocycles. The molecule has 2 aliphatic rings. The lowest BCUT2D eigenvalue weighted by atomic mass is 9.64. The summed E-state index contributed by atoms with van der Waals surface area (Å²) in [5.74, 6) is 0.854. The van der Waals surface area contributed by atoms with Crippen LogP contribution in [0.25, 0.3) is 0 Å². The second-order valence-corrected chi connectivity index (χ2v) is 5.49. The van der Waals surface area contributed by atoms with Gasteiger partial charge in [0, 0.05) is 37.7 Å². The third-order valence-corrected chi connectivity index (χ3v) is 4.06. The van der Waals surface area contributed by atoms with E-state index in [0.29, 0.717) is 17.6 Å². The van der Waals surface area contributed by atoms with Crippen molar-refractivity contribution in [1.82, 2.24) is 10.6 Å². The molecule has 0 bridgehead atoms. The molecule has 2 rings (SSSR count). The third-order valence-electron chi connectivity index (χ3n) is 4.06. The molecule has 0 amide bonds. The lowest BCUT2D eigenvalue weighted by Gasteiger charge is -2.52. The van der Waals surface area contributed by atoms with Gasteiger partial charge in [-0.1, -0.05) is 13.8 Å². The molecule has 2 atom stereocenters. The Labute approximate surface area is 93.0 Å². The van der Waals surface area contributed by atoms with E-state index >= 15 is 0 Å². The van der Waals surface area contributed by atoms with Crippen molar-refractivity contribution in [2.45, 2.75) is 39.3 Å². The van der Waals surface area contributed by atoms with Gasteiger partial charge < -0.3 is 15.4 Å². The average Bonchev–Trinajstić information content (AvgIpc) is 2.12. The van der Waals surface area contributed by atoms with Gasteiger partial charge in [0.25, 0.3) is 0 Å². The van der Waals surface area contributed by atoms with Gasteiger partial charge in [-0.25, -0.2) is 0 Å². The molecule has 88 valence electrons. The zero-order valence-corrected chi connectivity index (χ0v) is 10.2. The van der Waals surface area contributed by atoms with E-state index in [9.17, 15) is 0 Å². The van der Waals surface area contributed by atoms with Crippen LogP contribution in [-0.2, 0) is 4.74 Å². The summed E-state index contributed by atoms with van der Waals surface area (Å²) in [6.45, 7) is 11.1. The molecule has 1 saturated carbocycles. The third kappa shape index (κ3) is 2.19. The summed E-state index contributed by atoms with van der Waals surface area (Å²) in [5.41, 5.74) is 0.313. The van der Waals surface area contributed by atoms with E-state index < -0.39 is 0 Å². The summed E-state index contributed by atoms with van der Waals surface area (Å²) in [4.78, 5) is 0. The van der Waals surface area contributed by atoms with Gasteiger partial charge in [0.2, 0.25) is 0 Å². The van der Waals surface area contributed by atoms with Crippen LogP contribution in [0, 0.1) is 11.3 Å². The Kier molecular flexibility index (Phi) is 3.33.